The van der Waals surface area contributed by atoms with E-state index >= 15 is 0 Å². The van der Waals surface area contributed by atoms with E-state index in [1.54, 1.807) is 4.90 Å². The molecule has 0 bridgehead atoms. The van der Waals surface area contributed by atoms with Crippen molar-refractivity contribution in [1.29, 1.82) is 5.26 Å². The van der Waals surface area contributed by atoms with Gasteiger partial charge in [-0.25, -0.2) is 0 Å². The Balaban J connectivity index is 1.34. The van der Waals surface area contributed by atoms with Crippen LogP contribution in [0.5, 0.6) is 11.9 Å². The van der Waals surface area contributed by atoms with E-state index in [0.29, 0.717) is 44.2 Å². The lowest BCUT2D eigenvalue weighted by molar-refractivity contribution is -0.128. The summed E-state index contributed by atoms with van der Waals surface area (Å²) in [5.41, 5.74) is 3.34. The number of nitrogens with zero attached hydrogens (tertiary/aromatic N) is 6. The number of carbonyl (C=O) groups is 1. The van der Waals surface area contributed by atoms with Crippen LogP contribution in [0.25, 0.3) is 10.8 Å². The number of hydrogen-bond acceptors (Lipinski definition) is 8. The van der Waals surface area contributed by atoms with Gasteiger partial charge in [-0.2, -0.15) is 15.2 Å². The topological polar surface area (TPSA) is 94.8 Å². The number of aromatic nitrogens is 2. The van der Waals surface area contributed by atoms with E-state index in [2.05, 4.69) is 72.8 Å². The van der Waals surface area contributed by atoms with Gasteiger partial charge in [0.2, 0.25) is 11.8 Å². The molecule has 0 radical (unpaired) electrons. The van der Waals surface area contributed by atoms with Crippen LogP contribution in [0.2, 0.25) is 0 Å². The number of ether oxygens (including phenoxy) is 2. The highest BCUT2D eigenvalue weighted by Crippen LogP contribution is 2.41. The number of benzene rings is 2. The number of anilines is 1. The number of hydrogen-bond donors (Lipinski definition) is 0. The number of fused-ring (bicyclic) bond motifs is 2. The number of rotatable bonds is 7. The highest BCUT2D eigenvalue weighted by molar-refractivity contribution is 5.89. The zero-order valence-electron chi connectivity index (χ0n) is 24.5. The number of piperazine rings is 1. The van der Waals surface area contributed by atoms with Crippen LogP contribution in [-0.4, -0.2) is 77.6 Å². The number of carbonyl (C=O) groups excluding carboxylic acids is 1. The summed E-state index contributed by atoms with van der Waals surface area (Å²) in [6.07, 6.45) is 5.19. The maximum Gasteiger partial charge on any atom is 0.321 e. The molecule has 4 heterocycles. The molecule has 2 saturated heterocycles. The molecular formula is C33H38N6O3. The Morgan fingerprint density at radius 1 is 1.17 bits per heavy atom. The van der Waals surface area contributed by atoms with Crippen molar-refractivity contribution in [3.8, 4) is 18.0 Å². The van der Waals surface area contributed by atoms with Crippen LogP contribution in [0.15, 0.2) is 49.1 Å². The van der Waals surface area contributed by atoms with Crippen molar-refractivity contribution in [3.63, 3.8) is 0 Å². The van der Waals surface area contributed by atoms with Crippen molar-refractivity contribution >= 4 is 22.5 Å². The van der Waals surface area contributed by atoms with Crippen LogP contribution in [0, 0.1) is 18.3 Å². The quantitative estimate of drug-likeness (QED) is 0.383. The van der Waals surface area contributed by atoms with Crippen LogP contribution in [0.4, 0.5) is 5.82 Å². The summed E-state index contributed by atoms with van der Waals surface area (Å²) in [7, 11) is 2.12. The molecule has 0 N–H and O–H groups in total. The second-order valence-corrected chi connectivity index (χ2v) is 11.6. The molecule has 0 saturated carbocycles. The smallest absolute Gasteiger partial charge is 0.321 e. The summed E-state index contributed by atoms with van der Waals surface area (Å²) in [6, 6.07) is 15.4. The largest absolute Gasteiger partial charge is 0.469 e. The van der Waals surface area contributed by atoms with Crippen molar-refractivity contribution in [2.24, 2.45) is 0 Å². The van der Waals surface area contributed by atoms with Gasteiger partial charge in [0.05, 0.1) is 24.1 Å². The Labute approximate surface area is 247 Å². The third-order valence-electron chi connectivity index (χ3n) is 8.97. The molecule has 6 rings (SSSR count). The van der Waals surface area contributed by atoms with Gasteiger partial charge >= 0.3 is 6.01 Å². The van der Waals surface area contributed by atoms with E-state index in [4.69, 9.17) is 19.4 Å². The monoisotopic (exact) mass is 566 g/mol. The third-order valence-corrected chi connectivity index (χ3v) is 8.97. The van der Waals surface area contributed by atoms with Crippen LogP contribution in [0.3, 0.4) is 0 Å². The van der Waals surface area contributed by atoms with Gasteiger partial charge in [0, 0.05) is 31.2 Å². The molecule has 1 aromatic heterocycles. The first-order chi connectivity index (χ1) is 20.5. The molecule has 3 aromatic rings. The van der Waals surface area contributed by atoms with Crippen LogP contribution in [0.1, 0.15) is 48.5 Å². The molecule has 3 aliphatic heterocycles. The molecule has 0 aliphatic carbocycles. The molecule has 1 amide bonds. The van der Waals surface area contributed by atoms with Gasteiger partial charge in [-0.05, 0) is 68.6 Å². The van der Waals surface area contributed by atoms with Gasteiger partial charge in [0.15, 0.2) is 0 Å². The van der Waals surface area contributed by atoms with E-state index < -0.39 is 0 Å². The summed E-state index contributed by atoms with van der Waals surface area (Å²) < 4.78 is 12.9. The predicted molar refractivity (Wildman–Crippen MR) is 162 cm³/mol. The van der Waals surface area contributed by atoms with Crippen molar-refractivity contribution < 1.29 is 14.3 Å². The van der Waals surface area contributed by atoms with E-state index in [0.717, 1.165) is 49.2 Å². The molecule has 218 valence electrons. The number of nitriles is 1. The molecular weight excluding hydrogens is 528 g/mol. The van der Waals surface area contributed by atoms with Gasteiger partial charge in [-0.15, -0.1) is 0 Å². The van der Waals surface area contributed by atoms with E-state index in [1.165, 1.54) is 22.4 Å². The van der Waals surface area contributed by atoms with Crippen molar-refractivity contribution in [1.82, 2.24) is 19.8 Å². The minimum absolute atomic E-state index is 0.146. The second kappa shape index (κ2) is 12.0. The Hall–Kier alpha value is -4.16. The SMILES string of the molecule is C=CC(=O)N1CCN(c2nc(OC[C@@H]3CCCN3C)nc3c2CCC(c2cccc4cccc(C)c24)O3)C[C@@H]1CC#N. The van der Waals surface area contributed by atoms with Crippen LogP contribution < -0.4 is 14.4 Å². The molecule has 0 spiro atoms. The molecule has 42 heavy (non-hydrogen) atoms. The van der Waals surface area contributed by atoms with Gasteiger partial charge < -0.3 is 24.2 Å². The highest BCUT2D eigenvalue weighted by atomic mass is 16.5. The summed E-state index contributed by atoms with van der Waals surface area (Å²) in [5, 5.41) is 11.9. The fourth-order valence-corrected chi connectivity index (χ4v) is 6.69. The average Bonchev–Trinajstić information content (AvgIpc) is 3.43. The summed E-state index contributed by atoms with van der Waals surface area (Å²) >= 11 is 0. The lowest BCUT2D eigenvalue weighted by Gasteiger charge is -2.41. The summed E-state index contributed by atoms with van der Waals surface area (Å²) in [5.74, 6) is 1.18. The van der Waals surface area contributed by atoms with Gasteiger partial charge in [-0.1, -0.05) is 43.0 Å². The lowest BCUT2D eigenvalue weighted by atomic mass is 9.92. The Morgan fingerprint density at radius 2 is 2.00 bits per heavy atom. The molecule has 2 fully saturated rings. The maximum atomic E-state index is 12.5. The normalized spacial score (nSPS) is 22.4. The molecule has 9 nitrogen and oxygen atoms in total. The minimum atomic E-state index is -0.257. The Morgan fingerprint density at radius 3 is 2.76 bits per heavy atom. The first-order valence-corrected chi connectivity index (χ1v) is 14.9. The van der Waals surface area contributed by atoms with Gasteiger partial charge in [0.1, 0.15) is 18.5 Å². The third kappa shape index (κ3) is 5.39. The number of likely N-dealkylation sites (N-methyl/N-ethyl adjacent to an activating group) is 1. The van der Waals surface area contributed by atoms with Gasteiger partial charge in [-0.3, -0.25) is 4.79 Å². The summed E-state index contributed by atoms with van der Waals surface area (Å²) in [4.78, 5) is 28.5. The first kappa shape index (κ1) is 28.0. The zero-order valence-corrected chi connectivity index (χ0v) is 24.5. The van der Waals surface area contributed by atoms with Crippen molar-refractivity contribution in [3.05, 3.63) is 65.7 Å². The zero-order chi connectivity index (χ0) is 29.2. The number of amides is 1. The maximum absolute atomic E-state index is 12.5. The average molecular weight is 567 g/mol. The molecule has 9 heteroatoms. The van der Waals surface area contributed by atoms with Crippen LogP contribution in [-0.2, 0) is 11.2 Å². The van der Waals surface area contributed by atoms with E-state index in [-0.39, 0.29) is 24.5 Å². The lowest BCUT2D eigenvalue weighted by Crippen LogP contribution is -2.55. The second-order valence-electron chi connectivity index (χ2n) is 11.6. The van der Waals surface area contributed by atoms with E-state index in [9.17, 15) is 10.1 Å². The van der Waals surface area contributed by atoms with Gasteiger partial charge in [0.25, 0.3) is 0 Å². The number of likely N-dealkylation sites (tertiary alicyclic amines) is 1. The molecule has 1 unspecified atom stereocenters. The standard InChI is InChI=1S/C33H38N6O3/c1-4-29(40)39-19-18-38(20-24(39)15-16-34)31-27-13-14-28(26-12-6-10-23-9-5-8-22(2)30(23)26)42-32(27)36-33(35-31)41-21-25-11-7-17-37(25)3/h4-6,8-10,12,24-25,28H,1,7,11,13-15,17-21H2,2-3H3/t24-,25-,28?/m0/s1. The molecule has 3 aliphatic rings. The van der Waals surface area contributed by atoms with Crippen molar-refractivity contribution in [2.45, 2.75) is 57.2 Å². The first-order valence-electron chi connectivity index (χ1n) is 14.9. The molecule has 2 aromatic carbocycles. The fourth-order valence-electron chi connectivity index (χ4n) is 6.69. The Bertz CT molecular complexity index is 1530. The fraction of sp³-hybridized carbons (Fsp3) is 0.455. The van der Waals surface area contributed by atoms with Crippen LogP contribution >= 0.6 is 0 Å². The highest BCUT2D eigenvalue weighted by Gasteiger charge is 2.35. The minimum Gasteiger partial charge on any atom is -0.469 e. The van der Waals surface area contributed by atoms with E-state index in [1.807, 2.05) is 0 Å². The predicted octanol–water partition coefficient (Wildman–Crippen LogP) is 4.59. The number of aryl methyl sites for hydroxylation is 1. The summed E-state index contributed by atoms with van der Waals surface area (Å²) in [6.45, 7) is 8.93. The van der Waals surface area contributed by atoms with Crippen molar-refractivity contribution in [2.75, 3.05) is 44.7 Å². The molecule has 3 atom stereocenters. The Kier molecular flexibility index (Phi) is 7.98.